The van der Waals surface area contributed by atoms with Gasteiger partial charge in [-0.15, -0.1) is 0 Å². The summed E-state index contributed by atoms with van der Waals surface area (Å²) in [6.07, 6.45) is 2.76. The van der Waals surface area contributed by atoms with Crippen molar-refractivity contribution in [2.24, 2.45) is 5.92 Å². The number of benzene rings is 2. The zero-order valence-corrected chi connectivity index (χ0v) is 13.9. The smallest absolute Gasteiger partial charge is 0.308 e. The fourth-order valence-corrected chi connectivity index (χ4v) is 2.89. The molecule has 0 bridgehead atoms. The first-order valence-electron chi connectivity index (χ1n) is 7.57. The number of carbonyl (C=O) groups is 2. The van der Waals surface area contributed by atoms with E-state index < -0.39 is 11.9 Å². The molecule has 1 atom stereocenters. The Kier molecular flexibility index (Phi) is 6.47. The molecule has 2 aromatic carbocycles. The second kappa shape index (κ2) is 8.58. The number of nitrogens with one attached hydrogen (secondary N) is 1. The lowest BCUT2D eigenvalue weighted by molar-refractivity contribution is -0.141. The molecular formula is C18H21NO3S. The van der Waals surface area contributed by atoms with Crippen molar-refractivity contribution < 1.29 is 14.7 Å². The summed E-state index contributed by atoms with van der Waals surface area (Å²) in [5.74, 6) is -0.863. The second-order valence-electron chi connectivity index (χ2n) is 5.42. The van der Waals surface area contributed by atoms with Crippen molar-refractivity contribution >= 4 is 34.4 Å². The summed E-state index contributed by atoms with van der Waals surface area (Å²) in [7, 11) is 0. The van der Waals surface area contributed by atoms with E-state index in [1.807, 2.05) is 48.7 Å². The first kappa shape index (κ1) is 17.3. The maximum Gasteiger partial charge on any atom is 0.308 e. The number of carbonyl (C=O) groups excluding carboxylic acids is 1. The lowest BCUT2D eigenvalue weighted by Gasteiger charge is -2.15. The van der Waals surface area contributed by atoms with Crippen LogP contribution >= 0.6 is 11.8 Å². The van der Waals surface area contributed by atoms with E-state index in [2.05, 4.69) is 5.32 Å². The monoisotopic (exact) mass is 331 g/mol. The van der Waals surface area contributed by atoms with Crippen molar-refractivity contribution in [3.05, 3.63) is 48.0 Å². The zero-order valence-electron chi connectivity index (χ0n) is 13.1. The molecule has 0 aromatic heterocycles. The van der Waals surface area contributed by atoms with Crippen LogP contribution in [0.2, 0.25) is 0 Å². The van der Waals surface area contributed by atoms with Crippen molar-refractivity contribution in [1.82, 2.24) is 5.32 Å². The molecule has 0 saturated heterocycles. The highest BCUT2D eigenvalue weighted by Crippen LogP contribution is 2.21. The van der Waals surface area contributed by atoms with E-state index in [0.717, 1.165) is 22.1 Å². The molecule has 0 fully saturated rings. The maximum absolute atomic E-state index is 11.7. The molecule has 122 valence electrons. The van der Waals surface area contributed by atoms with Crippen molar-refractivity contribution in [2.45, 2.75) is 12.8 Å². The third-order valence-corrected chi connectivity index (χ3v) is 4.39. The average Bonchev–Trinajstić information content (AvgIpc) is 2.56. The molecule has 5 heteroatoms. The number of hydrogen-bond donors (Lipinski definition) is 2. The van der Waals surface area contributed by atoms with Gasteiger partial charge >= 0.3 is 5.97 Å². The Bertz CT molecular complexity index is 682. The van der Waals surface area contributed by atoms with Gasteiger partial charge in [-0.25, -0.2) is 0 Å². The van der Waals surface area contributed by atoms with Gasteiger partial charge in [0.05, 0.1) is 5.92 Å². The minimum Gasteiger partial charge on any atom is -0.481 e. The normalized spacial score (nSPS) is 12.0. The van der Waals surface area contributed by atoms with Crippen LogP contribution < -0.4 is 5.32 Å². The maximum atomic E-state index is 11.7. The van der Waals surface area contributed by atoms with Crippen LogP contribution in [0, 0.1) is 5.92 Å². The van der Waals surface area contributed by atoms with Gasteiger partial charge in [-0.1, -0.05) is 42.5 Å². The molecule has 4 nitrogen and oxygen atoms in total. The topological polar surface area (TPSA) is 66.4 Å². The van der Waals surface area contributed by atoms with E-state index in [-0.39, 0.29) is 12.5 Å². The third kappa shape index (κ3) is 4.99. The van der Waals surface area contributed by atoms with Crippen LogP contribution in [0.1, 0.15) is 12.0 Å². The third-order valence-electron chi connectivity index (χ3n) is 3.77. The summed E-state index contributed by atoms with van der Waals surface area (Å²) >= 11 is 1.60. The Morgan fingerprint density at radius 2 is 1.91 bits per heavy atom. The standard InChI is InChI=1S/C18H21NO3S/c1-23-10-9-17(20)19-12-15(18(21)22)11-14-7-4-6-13-5-2-3-8-16(13)14/h2-8,15H,9-12H2,1H3,(H,19,20)(H,21,22). The number of carboxylic acid groups (broad SMARTS) is 1. The van der Waals surface area contributed by atoms with Gasteiger partial charge in [0, 0.05) is 18.7 Å². The molecule has 2 aromatic rings. The van der Waals surface area contributed by atoms with Crippen molar-refractivity contribution in [1.29, 1.82) is 0 Å². The van der Waals surface area contributed by atoms with Crippen LogP contribution in [0.15, 0.2) is 42.5 Å². The lowest BCUT2D eigenvalue weighted by Crippen LogP contribution is -2.34. The molecule has 0 aliphatic heterocycles. The van der Waals surface area contributed by atoms with E-state index in [0.29, 0.717) is 12.8 Å². The Balaban J connectivity index is 2.07. The molecule has 0 spiro atoms. The highest BCUT2D eigenvalue weighted by atomic mass is 32.2. The summed E-state index contributed by atoms with van der Waals surface area (Å²) < 4.78 is 0. The SMILES string of the molecule is CSCCC(=O)NCC(Cc1cccc2ccccc12)C(=O)O. The molecule has 0 aliphatic carbocycles. The number of aliphatic carboxylic acids is 1. The van der Waals surface area contributed by atoms with Gasteiger partial charge in [-0.05, 0) is 29.0 Å². The molecule has 0 heterocycles. The summed E-state index contributed by atoms with van der Waals surface area (Å²) in [4.78, 5) is 23.2. The Morgan fingerprint density at radius 3 is 2.65 bits per heavy atom. The average molecular weight is 331 g/mol. The summed E-state index contributed by atoms with van der Waals surface area (Å²) in [6, 6.07) is 13.8. The summed E-state index contributed by atoms with van der Waals surface area (Å²) in [5.41, 5.74) is 0.994. The van der Waals surface area contributed by atoms with Crippen molar-refractivity contribution in [3.8, 4) is 0 Å². The van der Waals surface area contributed by atoms with Crippen molar-refractivity contribution in [2.75, 3.05) is 18.6 Å². The van der Waals surface area contributed by atoms with Crippen LogP contribution in [0.3, 0.4) is 0 Å². The van der Waals surface area contributed by atoms with Crippen LogP contribution in [-0.2, 0) is 16.0 Å². The summed E-state index contributed by atoms with van der Waals surface area (Å²) in [5, 5.41) is 14.3. The zero-order chi connectivity index (χ0) is 16.7. The van der Waals surface area contributed by atoms with Crippen LogP contribution in [0.4, 0.5) is 0 Å². The molecule has 0 radical (unpaired) electrons. The first-order valence-corrected chi connectivity index (χ1v) is 8.96. The lowest BCUT2D eigenvalue weighted by atomic mass is 9.95. The van der Waals surface area contributed by atoms with E-state index in [1.54, 1.807) is 11.8 Å². The predicted molar refractivity (Wildman–Crippen MR) is 94.8 cm³/mol. The number of rotatable bonds is 8. The van der Waals surface area contributed by atoms with E-state index in [9.17, 15) is 14.7 Å². The Labute approximate surface area is 140 Å². The Hall–Kier alpha value is -2.01. The molecule has 2 N–H and O–H groups in total. The van der Waals surface area contributed by atoms with Crippen molar-refractivity contribution in [3.63, 3.8) is 0 Å². The highest BCUT2D eigenvalue weighted by Gasteiger charge is 2.19. The molecule has 0 saturated carbocycles. The highest BCUT2D eigenvalue weighted by molar-refractivity contribution is 7.98. The van der Waals surface area contributed by atoms with Gasteiger partial charge in [0.1, 0.15) is 0 Å². The summed E-state index contributed by atoms with van der Waals surface area (Å²) in [6.45, 7) is 0.159. The minimum absolute atomic E-state index is 0.0940. The van der Waals surface area contributed by atoms with Gasteiger partial charge in [-0.2, -0.15) is 11.8 Å². The fraction of sp³-hybridized carbons (Fsp3) is 0.333. The van der Waals surface area contributed by atoms with Gasteiger partial charge in [0.2, 0.25) is 5.91 Å². The minimum atomic E-state index is -0.886. The molecular weight excluding hydrogens is 310 g/mol. The second-order valence-corrected chi connectivity index (χ2v) is 6.41. The largest absolute Gasteiger partial charge is 0.481 e. The number of thioether (sulfide) groups is 1. The number of hydrogen-bond acceptors (Lipinski definition) is 3. The van der Waals surface area contributed by atoms with E-state index in [4.69, 9.17) is 0 Å². The number of amides is 1. The fourth-order valence-electron chi connectivity index (χ4n) is 2.50. The van der Waals surface area contributed by atoms with Crippen LogP contribution in [0.25, 0.3) is 10.8 Å². The van der Waals surface area contributed by atoms with E-state index in [1.165, 1.54) is 0 Å². The quantitative estimate of drug-likeness (QED) is 0.780. The molecule has 23 heavy (non-hydrogen) atoms. The first-order chi connectivity index (χ1) is 11.1. The van der Waals surface area contributed by atoms with Gasteiger partial charge < -0.3 is 10.4 Å². The van der Waals surface area contributed by atoms with Gasteiger partial charge in [0.25, 0.3) is 0 Å². The van der Waals surface area contributed by atoms with Gasteiger partial charge in [0.15, 0.2) is 0 Å². The number of fused-ring (bicyclic) bond motifs is 1. The van der Waals surface area contributed by atoms with Crippen LogP contribution in [-0.4, -0.2) is 35.5 Å². The molecule has 2 rings (SSSR count). The van der Waals surface area contributed by atoms with Crippen LogP contribution in [0.5, 0.6) is 0 Å². The van der Waals surface area contributed by atoms with Gasteiger partial charge in [-0.3, -0.25) is 9.59 Å². The molecule has 0 aliphatic rings. The Morgan fingerprint density at radius 1 is 1.17 bits per heavy atom. The predicted octanol–water partition coefficient (Wildman–Crippen LogP) is 2.95. The molecule has 1 amide bonds. The molecule has 1 unspecified atom stereocenters. The van der Waals surface area contributed by atoms with E-state index >= 15 is 0 Å². The number of carboxylic acids is 1.